The summed E-state index contributed by atoms with van der Waals surface area (Å²) in [4.78, 5) is 4.49. The van der Waals surface area contributed by atoms with E-state index >= 15 is 0 Å². The van der Waals surface area contributed by atoms with Gasteiger partial charge in [0.15, 0.2) is 0 Å². The zero-order valence-corrected chi connectivity index (χ0v) is 12.0. The SMILES string of the molecule is CCC(C)(C)Oc1ccc(Cl)c(CNC2CC2)n1. The van der Waals surface area contributed by atoms with Crippen LogP contribution in [0.2, 0.25) is 5.02 Å². The Bertz CT molecular complexity index is 416. The molecule has 1 aromatic heterocycles. The molecule has 0 bridgehead atoms. The zero-order valence-electron chi connectivity index (χ0n) is 11.3. The molecule has 4 heteroatoms. The van der Waals surface area contributed by atoms with Gasteiger partial charge in [0, 0.05) is 18.7 Å². The fourth-order valence-electron chi connectivity index (χ4n) is 1.53. The van der Waals surface area contributed by atoms with Gasteiger partial charge in [0.05, 0.1) is 10.7 Å². The lowest BCUT2D eigenvalue weighted by Crippen LogP contribution is -2.27. The molecule has 0 aliphatic heterocycles. The van der Waals surface area contributed by atoms with E-state index in [0.29, 0.717) is 23.5 Å². The van der Waals surface area contributed by atoms with Gasteiger partial charge in [-0.1, -0.05) is 18.5 Å². The van der Waals surface area contributed by atoms with Crippen LogP contribution in [0, 0.1) is 0 Å². The Morgan fingerprint density at radius 1 is 1.44 bits per heavy atom. The first-order valence-electron chi connectivity index (χ1n) is 6.58. The maximum atomic E-state index is 6.15. The third-order valence-electron chi connectivity index (χ3n) is 3.26. The Labute approximate surface area is 114 Å². The molecule has 1 aliphatic rings. The molecule has 0 spiro atoms. The summed E-state index contributed by atoms with van der Waals surface area (Å²) >= 11 is 6.15. The number of pyridine rings is 1. The molecule has 100 valence electrons. The van der Waals surface area contributed by atoms with E-state index in [0.717, 1.165) is 12.1 Å². The van der Waals surface area contributed by atoms with Crippen LogP contribution in [0.15, 0.2) is 12.1 Å². The number of nitrogens with one attached hydrogen (secondary N) is 1. The first-order valence-corrected chi connectivity index (χ1v) is 6.96. The fourth-order valence-corrected chi connectivity index (χ4v) is 1.70. The molecule has 1 fully saturated rings. The molecule has 0 aromatic carbocycles. The predicted molar refractivity (Wildman–Crippen MR) is 74.1 cm³/mol. The molecule has 0 saturated heterocycles. The summed E-state index contributed by atoms with van der Waals surface area (Å²) in [5.74, 6) is 0.652. The average molecular weight is 269 g/mol. The lowest BCUT2D eigenvalue weighted by atomic mass is 10.1. The summed E-state index contributed by atoms with van der Waals surface area (Å²) in [6, 6.07) is 4.35. The van der Waals surface area contributed by atoms with Crippen molar-refractivity contribution in [3.8, 4) is 5.88 Å². The Kier molecular flexibility index (Phi) is 4.13. The van der Waals surface area contributed by atoms with Crippen LogP contribution in [0.25, 0.3) is 0 Å². The quantitative estimate of drug-likeness (QED) is 0.857. The molecular formula is C14H21ClN2O. The van der Waals surface area contributed by atoms with Gasteiger partial charge in [-0.05, 0) is 39.2 Å². The van der Waals surface area contributed by atoms with Crippen molar-refractivity contribution < 1.29 is 4.74 Å². The van der Waals surface area contributed by atoms with Crippen LogP contribution in [0.3, 0.4) is 0 Å². The van der Waals surface area contributed by atoms with Crippen molar-refractivity contribution in [1.82, 2.24) is 10.3 Å². The molecule has 1 aromatic rings. The number of rotatable bonds is 6. The number of aromatic nitrogens is 1. The molecule has 2 rings (SSSR count). The Morgan fingerprint density at radius 3 is 2.78 bits per heavy atom. The van der Waals surface area contributed by atoms with E-state index in [1.54, 1.807) is 0 Å². The van der Waals surface area contributed by atoms with Crippen LogP contribution in [-0.2, 0) is 6.54 Å². The summed E-state index contributed by atoms with van der Waals surface area (Å²) in [6.07, 6.45) is 3.46. The molecule has 1 heterocycles. The molecule has 1 aliphatic carbocycles. The van der Waals surface area contributed by atoms with Gasteiger partial charge in [0.1, 0.15) is 5.60 Å². The van der Waals surface area contributed by atoms with Gasteiger partial charge >= 0.3 is 0 Å². The van der Waals surface area contributed by atoms with E-state index in [-0.39, 0.29) is 5.60 Å². The molecule has 3 nitrogen and oxygen atoms in total. The molecule has 18 heavy (non-hydrogen) atoms. The lowest BCUT2D eigenvalue weighted by Gasteiger charge is -2.24. The Balaban J connectivity index is 2.04. The van der Waals surface area contributed by atoms with Gasteiger partial charge in [0.2, 0.25) is 5.88 Å². The summed E-state index contributed by atoms with van der Waals surface area (Å²) in [5.41, 5.74) is 0.676. The van der Waals surface area contributed by atoms with E-state index < -0.39 is 0 Å². The monoisotopic (exact) mass is 268 g/mol. The smallest absolute Gasteiger partial charge is 0.214 e. The Hall–Kier alpha value is -0.800. The van der Waals surface area contributed by atoms with Crippen LogP contribution in [0.4, 0.5) is 0 Å². The highest BCUT2D eigenvalue weighted by Crippen LogP contribution is 2.24. The number of hydrogen-bond acceptors (Lipinski definition) is 3. The standard InChI is InChI=1S/C14H21ClN2O/c1-4-14(2,3)18-13-8-7-11(15)12(17-13)9-16-10-5-6-10/h7-8,10,16H,4-6,9H2,1-3H3. The van der Waals surface area contributed by atoms with Gasteiger partial charge in [0.25, 0.3) is 0 Å². The third kappa shape index (κ3) is 3.85. The molecule has 1 N–H and O–H groups in total. The van der Waals surface area contributed by atoms with Gasteiger partial charge in [-0.25, -0.2) is 4.98 Å². The van der Waals surface area contributed by atoms with E-state index in [9.17, 15) is 0 Å². The number of ether oxygens (including phenoxy) is 1. The summed E-state index contributed by atoms with van der Waals surface area (Å²) < 4.78 is 5.87. The maximum absolute atomic E-state index is 6.15. The van der Waals surface area contributed by atoms with Crippen LogP contribution in [0.5, 0.6) is 5.88 Å². The molecule has 1 saturated carbocycles. The number of nitrogens with zero attached hydrogens (tertiary/aromatic N) is 1. The highest BCUT2D eigenvalue weighted by Gasteiger charge is 2.21. The first-order chi connectivity index (χ1) is 8.50. The normalized spacial score (nSPS) is 15.8. The van der Waals surface area contributed by atoms with Crippen LogP contribution >= 0.6 is 11.6 Å². The highest BCUT2D eigenvalue weighted by molar-refractivity contribution is 6.31. The van der Waals surface area contributed by atoms with Crippen molar-refractivity contribution in [3.63, 3.8) is 0 Å². The largest absolute Gasteiger partial charge is 0.472 e. The van der Waals surface area contributed by atoms with Crippen molar-refractivity contribution in [2.75, 3.05) is 0 Å². The maximum Gasteiger partial charge on any atom is 0.214 e. The number of halogens is 1. The summed E-state index contributed by atoms with van der Waals surface area (Å²) in [7, 11) is 0. The molecular weight excluding hydrogens is 248 g/mol. The second-order valence-electron chi connectivity index (χ2n) is 5.45. The summed E-state index contributed by atoms with van der Waals surface area (Å²) in [6.45, 7) is 6.94. The van der Waals surface area contributed by atoms with Crippen molar-refractivity contribution in [2.45, 2.75) is 58.2 Å². The van der Waals surface area contributed by atoms with Crippen molar-refractivity contribution in [1.29, 1.82) is 0 Å². The molecule has 0 radical (unpaired) electrons. The average Bonchev–Trinajstić information content (AvgIpc) is 3.13. The number of hydrogen-bond donors (Lipinski definition) is 1. The second kappa shape index (κ2) is 5.45. The van der Waals surface area contributed by atoms with E-state index in [2.05, 4.69) is 31.1 Å². The first kappa shape index (κ1) is 13.6. The van der Waals surface area contributed by atoms with E-state index in [1.165, 1.54) is 12.8 Å². The van der Waals surface area contributed by atoms with Crippen molar-refractivity contribution in [3.05, 3.63) is 22.8 Å². The second-order valence-corrected chi connectivity index (χ2v) is 5.86. The van der Waals surface area contributed by atoms with Gasteiger partial charge in [-0.2, -0.15) is 0 Å². The van der Waals surface area contributed by atoms with E-state index in [1.807, 2.05) is 12.1 Å². The topological polar surface area (TPSA) is 34.1 Å². The summed E-state index contributed by atoms with van der Waals surface area (Å²) in [5, 5.41) is 4.11. The van der Waals surface area contributed by atoms with Crippen molar-refractivity contribution in [2.24, 2.45) is 0 Å². The third-order valence-corrected chi connectivity index (χ3v) is 3.61. The fraction of sp³-hybridized carbons (Fsp3) is 0.643. The predicted octanol–water partition coefficient (Wildman–Crippen LogP) is 3.55. The van der Waals surface area contributed by atoms with Gasteiger partial charge in [-0.3, -0.25) is 0 Å². The van der Waals surface area contributed by atoms with E-state index in [4.69, 9.17) is 16.3 Å². The van der Waals surface area contributed by atoms with Crippen molar-refractivity contribution >= 4 is 11.6 Å². The lowest BCUT2D eigenvalue weighted by molar-refractivity contribution is 0.0987. The highest BCUT2D eigenvalue weighted by atomic mass is 35.5. The minimum atomic E-state index is -0.192. The molecule has 0 unspecified atom stereocenters. The minimum Gasteiger partial charge on any atom is -0.472 e. The van der Waals surface area contributed by atoms with Gasteiger partial charge < -0.3 is 10.1 Å². The Morgan fingerprint density at radius 2 is 2.17 bits per heavy atom. The van der Waals surface area contributed by atoms with Gasteiger partial charge in [-0.15, -0.1) is 0 Å². The van der Waals surface area contributed by atoms with Crippen LogP contribution in [-0.4, -0.2) is 16.6 Å². The minimum absolute atomic E-state index is 0.192. The molecule has 0 atom stereocenters. The zero-order chi connectivity index (χ0) is 13.2. The molecule has 0 amide bonds. The van der Waals surface area contributed by atoms with Crippen LogP contribution < -0.4 is 10.1 Å². The van der Waals surface area contributed by atoms with Crippen LogP contribution in [0.1, 0.15) is 45.7 Å².